The molecule has 0 saturated carbocycles. The SMILES string of the molecule is Cc1ccc(-n2c(C)cc(C(=O)COC(=O)CCCCCNC(N)=O)c2C)cc1C. The molecule has 162 valence electrons. The first kappa shape index (κ1) is 23.2. The fourth-order valence-corrected chi connectivity index (χ4v) is 3.39. The molecule has 7 nitrogen and oxygen atoms in total. The maximum Gasteiger partial charge on any atom is 0.312 e. The van der Waals surface area contributed by atoms with Crippen molar-refractivity contribution in [3.8, 4) is 5.69 Å². The molecule has 30 heavy (non-hydrogen) atoms. The minimum absolute atomic E-state index is 0.211. The number of aryl methyl sites for hydroxylation is 3. The lowest BCUT2D eigenvalue weighted by atomic mass is 10.1. The molecule has 7 heteroatoms. The number of primary amides is 1. The van der Waals surface area contributed by atoms with Crippen molar-refractivity contribution in [1.29, 1.82) is 0 Å². The zero-order chi connectivity index (χ0) is 22.3. The molecule has 3 N–H and O–H groups in total. The summed E-state index contributed by atoms with van der Waals surface area (Å²) < 4.78 is 7.20. The summed E-state index contributed by atoms with van der Waals surface area (Å²) in [5, 5.41) is 2.50. The molecule has 0 aliphatic carbocycles. The summed E-state index contributed by atoms with van der Waals surface area (Å²) in [6, 6.07) is 7.49. The van der Waals surface area contributed by atoms with Crippen LogP contribution in [0.4, 0.5) is 4.79 Å². The van der Waals surface area contributed by atoms with Crippen LogP contribution < -0.4 is 11.1 Å². The van der Waals surface area contributed by atoms with Crippen LogP contribution >= 0.6 is 0 Å². The van der Waals surface area contributed by atoms with E-state index in [4.69, 9.17) is 10.5 Å². The molecule has 0 fully saturated rings. The zero-order valence-corrected chi connectivity index (χ0v) is 18.2. The second kappa shape index (κ2) is 10.6. The number of nitrogens with zero attached hydrogens (tertiary/aromatic N) is 1. The van der Waals surface area contributed by atoms with E-state index in [1.165, 1.54) is 11.1 Å². The van der Waals surface area contributed by atoms with Crippen LogP contribution in [0.15, 0.2) is 24.3 Å². The van der Waals surface area contributed by atoms with Gasteiger partial charge in [0.1, 0.15) is 0 Å². The van der Waals surface area contributed by atoms with E-state index >= 15 is 0 Å². The molecule has 0 bridgehead atoms. The molecular formula is C23H31N3O4. The minimum Gasteiger partial charge on any atom is -0.457 e. The number of hydrogen-bond donors (Lipinski definition) is 2. The first-order valence-electron chi connectivity index (χ1n) is 10.2. The Balaban J connectivity index is 1.89. The number of nitrogens with one attached hydrogen (secondary N) is 1. The number of esters is 1. The largest absolute Gasteiger partial charge is 0.457 e. The first-order chi connectivity index (χ1) is 14.2. The highest BCUT2D eigenvalue weighted by Gasteiger charge is 2.18. The molecule has 1 heterocycles. The topological polar surface area (TPSA) is 103 Å². The average molecular weight is 414 g/mol. The second-order valence-electron chi connectivity index (χ2n) is 7.57. The number of aromatic nitrogens is 1. The molecular weight excluding hydrogens is 382 g/mol. The van der Waals surface area contributed by atoms with Crippen molar-refractivity contribution in [3.63, 3.8) is 0 Å². The van der Waals surface area contributed by atoms with Crippen molar-refractivity contribution in [1.82, 2.24) is 9.88 Å². The van der Waals surface area contributed by atoms with Crippen molar-refractivity contribution in [2.24, 2.45) is 5.73 Å². The summed E-state index contributed by atoms with van der Waals surface area (Å²) in [5.74, 6) is -0.605. The first-order valence-corrected chi connectivity index (χ1v) is 10.2. The Kier molecular flexibility index (Phi) is 8.21. The summed E-state index contributed by atoms with van der Waals surface area (Å²) in [5.41, 5.74) is 10.7. The fraction of sp³-hybridized carbons (Fsp3) is 0.435. The summed E-state index contributed by atoms with van der Waals surface area (Å²) in [7, 11) is 0. The number of benzene rings is 1. The number of carbonyl (C=O) groups is 3. The van der Waals surface area contributed by atoms with Crippen LogP contribution in [0.5, 0.6) is 0 Å². The molecule has 2 amide bonds. The number of ketones is 1. The Bertz CT molecular complexity index is 931. The molecule has 0 atom stereocenters. The van der Waals surface area contributed by atoms with Gasteiger partial charge in [0.05, 0.1) is 0 Å². The van der Waals surface area contributed by atoms with Crippen LogP contribution in [0.2, 0.25) is 0 Å². The molecule has 0 spiro atoms. The van der Waals surface area contributed by atoms with Crippen LogP contribution in [0.1, 0.15) is 58.6 Å². The maximum atomic E-state index is 12.6. The lowest BCUT2D eigenvalue weighted by molar-refractivity contribution is -0.142. The van der Waals surface area contributed by atoms with E-state index < -0.39 is 12.0 Å². The molecule has 0 saturated heterocycles. The zero-order valence-electron chi connectivity index (χ0n) is 18.2. The van der Waals surface area contributed by atoms with Crippen molar-refractivity contribution in [3.05, 3.63) is 52.3 Å². The Labute approximate surface area is 177 Å². The van der Waals surface area contributed by atoms with Gasteiger partial charge in [-0.15, -0.1) is 0 Å². The monoisotopic (exact) mass is 413 g/mol. The number of ether oxygens (including phenoxy) is 1. The van der Waals surface area contributed by atoms with Crippen molar-refractivity contribution < 1.29 is 19.1 Å². The van der Waals surface area contributed by atoms with Crippen LogP contribution in [-0.4, -0.2) is 35.5 Å². The van der Waals surface area contributed by atoms with Gasteiger partial charge in [-0.2, -0.15) is 0 Å². The van der Waals surface area contributed by atoms with E-state index in [0.717, 1.165) is 29.9 Å². The van der Waals surface area contributed by atoms with Gasteiger partial charge in [-0.05, 0) is 69.9 Å². The number of carbonyl (C=O) groups excluding carboxylic acids is 3. The third-order valence-corrected chi connectivity index (χ3v) is 5.20. The normalized spacial score (nSPS) is 10.7. The molecule has 2 aromatic rings. The van der Waals surface area contributed by atoms with Gasteiger partial charge in [-0.3, -0.25) is 9.59 Å². The van der Waals surface area contributed by atoms with Crippen molar-refractivity contribution >= 4 is 17.8 Å². The van der Waals surface area contributed by atoms with Gasteiger partial charge in [0.25, 0.3) is 0 Å². The Morgan fingerprint density at radius 3 is 2.40 bits per heavy atom. The number of urea groups is 1. The Morgan fingerprint density at radius 2 is 1.73 bits per heavy atom. The highest BCUT2D eigenvalue weighted by atomic mass is 16.5. The van der Waals surface area contributed by atoms with Crippen LogP contribution in [0.3, 0.4) is 0 Å². The highest BCUT2D eigenvalue weighted by Crippen LogP contribution is 2.23. The van der Waals surface area contributed by atoms with E-state index in [-0.39, 0.29) is 18.8 Å². The van der Waals surface area contributed by atoms with E-state index in [0.29, 0.717) is 18.5 Å². The molecule has 2 rings (SSSR count). The molecule has 0 aliphatic rings. The molecule has 0 radical (unpaired) electrons. The quantitative estimate of drug-likeness (QED) is 0.352. The summed E-state index contributed by atoms with van der Waals surface area (Å²) >= 11 is 0. The third-order valence-electron chi connectivity index (χ3n) is 5.20. The van der Waals surface area contributed by atoms with Gasteiger partial charge in [0, 0.05) is 35.6 Å². The minimum atomic E-state index is -0.551. The average Bonchev–Trinajstić information content (AvgIpc) is 2.99. The standard InChI is InChI=1S/C23H31N3O4/c1-15-9-10-19(12-16(15)2)26-17(3)13-20(18(26)4)21(27)14-30-22(28)8-6-5-7-11-25-23(24)29/h9-10,12-13H,5-8,11,14H2,1-4H3,(H3,24,25,29). The summed E-state index contributed by atoms with van der Waals surface area (Å²) in [4.78, 5) is 35.1. The molecule has 0 aliphatic heterocycles. The van der Waals surface area contributed by atoms with E-state index in [1.807, 2.05) is 30.5 Å². The predicted octanol–water partition coefficient (Wildman–Crippen LogP) is 3.67. The van der Waals surface area contributed by atoms with E-state index in [9.17, 15) is 14.4 Å². The number of hydrogen-bond acceptors (Lipinski definition) is 4. The number of amides is 2. The van der Waals surface area contributed by atoms with Gasteiger partial charge >= 0.3 is 12.0 Å². The lowest BCUT2D eigenvalue weighted by Crippen LogP contribution is -2.29. The molecule has 1 aromatic carbocycles. The van der Waals surface area contributed by atoms with Crippen LogP contribution in [0.25, 0.3) is 5.69 Å². The van der Waals surface area contributed by atoms with Crippen LogP contribution in [-0.2, 0) is 9.53 Å². The fourth-order valence-electron chi connectivity index (χ4n) is 3.39. The van der Waals surface area contributed by atoms with Gasteiger partial charge in [0.2, 0.25) is 5.78 Å². The Morgan fingerprint density at radius 1 is 1.00 bits per heavy atom. The van der Waals surface area contributed by atoms with Crippen molar-refractivity contribution in [2.75, 3.05) is 13.2 Å². The Hall–Kier alpha value is -3.09. The summed E-state index contributed by atoms with van der Waals surface area (Å²) in [6.07, 6.45) is 2.38. The predicted molar refractivity (Wildman–Crippen MR) is 116 cm³/mol. The molecule has 1 aromatic heterocycles. The van der Waals surface area contributed by atoms with E-state index in [2.05, 4.69) is 31.3 Å². The number of nitrogens with two attached hydrogens (primary N) is 1. The number of Topliss-reactive ketones (excluding diaryl/α,β-unsaturated/α-hetero) is 1. The maximum absolute atomic E-state index is 12.6. The van der Waals surface area contributed by atoms with Gasteiger partial charge in [0.15, 0.2) is 6.61 Å². The van der Waals surface area contributed by atoms with Gasteiger partial charge < -0.3 is 20.4 Å². The smallest absolute Gasteiger partial charge is 0.312 e. The third kappa shape index (κ3) is 6.20. The van der Waals surface area contributed by atoms with Gasteiger partial charge in [-0.25, -0.2) is 4.79 Å². The second-order valence-corrected chi connectivity index (χ2v) is 7.57. The number of rotatable bonds is 10. The highest BCUT2D eigenvalue weighted by molar-refractivity contribution is 5.99. The van der Waals surface area contributed by atoms with Crippen LogP contribution in [0, 0.1) is 27.7 Å². The summed E-state index contributed by atoms with van der Waals surface area (Å²) in [6.45, 7) is 8.20. The molecule has 0 unspecified atom stereocenters. The van der Waals surface area contributed by atoms with Gasteiger partial charge in [-0.1, -0.05) is 12.5 Å². The lowest BCUT2D eigenvalue weighted by Gasteiger charge is -2.12. The van der Waals surface area contributed by atoms with E-state index in [1.54, 1.807) is 0 Å². The number of unbranched alkanes of at least 4 members (excludes halogenated alkanes) is 2. The van der Waals surface area contributed by atoms with Crippen molar-refractivity contribution in [2.45, 2.75) is 53.4 Å².